The summed E-state index contributed by atoms with van der Waals surface area (Å²) in [6, 6.07) is 3.69. The third-order valence-corrected chi connectivity index (χ3v) is 6.37. The van der Waals surface area contributed by atoms with Crippen LogP contribution in [0, 0.1) is 0 Å². The summed E-state index contributed by atoms with van der Waals surface area (Å²) < 4.78 is 16.2. The Morgan fingerprint density at radius 2 is 1.50 bits per heavy atom. The fraction of sp³-hybridized carbons (Fsp3) is 0.481. The molecule has 2 heterocycles. The minimum atomic E-state index is -1.51. The molecule has 2 aliphatic rings. The maximum absolute atomic E-state index is 12.6. The Hall–Kier alpha value is -4.10. The van der Waals surface area contributed by atoms with Gasteiger partial charge in [-0.15, -0.1) is 0 Å². The summed E-state index contributed by atoms with van der Waals surface area (Å²) >= 11 is 0. The van der Waals surface area contributed by atoms with Gasteiger partial charge in [0.15, 0.2) is 18.0 Å². The number of nitrogens with one attached hydrogen (secondary N) is 1. The molecule has 0 bridgehead atoms. The smallest absolute Gasteiger partial charge is 0.328 e. The van der Waals surface area contributed by atoms with Gasteiger partial charge in [0.1, 0.15) is 0 Å². The number of hydrogen-bond donors (Lipinski definition) is 3. The lowest BCUT2D eigenvalue weighted by Gasteiger charge is -2.32. The molecule has 1 aromatic carbocycles. The largest absolute Gasteiger partial charge is 0.545 e. The second-order valence-electron chi connectivity index (χ2n) is 8.92. The van der Waals surface area contributed by atoms with Crippen LogP contribution in [0.25, 0.3) is 6.08 Å². The first-order valence-electron chi connectivity index (χ1n) is 12.7. The van der Waals surface area contributed by atoms with Crippen molar-refractivity contribution in [2.45, 2.75) is 19.3 Å². The lowest BCUT2D eigenvalue weighted by atomic mass is 10.1. The maximum Gasteiger partial charge on any atom is 0.328 e. The number of carboxylic acid groups (broad SMARTS) is 2. The van der Waals surface area contributed by atoms with Gasteiger partial charge < -0.3 is 50.1 Å². The number of amides is 2. The van der Waals surface area contributed by atoms with Crippen LogP contribution in [0.3, 0.4) is 0 Å². The van der Waals surface area contributed by atoms with Crippen LogP contribution in [-0.4, -0.2) is 106 Å². The van der Waals surface area contributed by atoms with Crippen LogP contribution < -0.4 is 30.4 Å². The lowest BCUT2D eigenvalue weighted by molar-refractivity contribution is -0.896. The highest BCUT2D eigenvalue weighted by atomic mass is 16.5. The number of quaternary nitrogens is 1. The molecule has 40 heavy (non-hydrogen) atoms. The molecule has 13 heteroatoms. The molecule has 222 valence electrons. The predicted octanol–water partition coefficient (Wildman–Crippen LogP) is -0.996. The van der Waals surface area contributed by atoms with Crippen molar-refractivity contribution in [2.24, 2.45) is 0 Å². The number of benzene rings is 1. The van der Waals surface area contributed by atoms with Crippen molar-refractivity contribution in [3.63, 3.8) is 0 Å². The van der Waals surface area contributed by atoms with E-state index in [-0.39, 0.29) is 18.0 Å². The second kappa shape index (κ2) is 17.5. The Kier molecular flexibility index (Phi) is 14.8. The molecule has 3 rings (SSSR count). The van der Waals surface area contributed by atoms with Gasteiger partial charge in [-0.3, -0.25) is 9.59 Å². The van der Waals surface area contributed by atoms with E-state index in [0.29, 0.717) is 55.5 Å². The van der Waals surface area contributed by atoms with E-state index in [0.717, 1.165) is 44.6 Å². The van der Waals surface area contributed by atoms with Gasteiger partial charge in [0.25, 0.3) is 5.91 Å². The van der Waals surface area contributed by atoms with Crippen molar-refractivity contribution in [1.82, 2.24) is 16.0 Å². The molecule has 0 aromatic heterocycles. The summed E-state index contributed by atoms with van der Waals surface area (Å²) in [5.74, 6) is -0.760. The number of rotatable bonds is 10. The lowest BCUT2D eigenvalue weighted by Crippen LogP contribution is -3.15. The first kappa shape index (κ1) is 33.9. The number of hydrogen-bond acceptors (Lipinski definition) is 9. The summed E-state index contributed by atoms with van der Waals surface area (Å²) in [6.45, 7) is 5.35. The fourth-order valence-corrected chi connectivity index (χ4v) is 4.35. The molecule has 2 fully saturated rings. The van der Waals surface area contributed by atoms with E-state index in [4.69, 9.17) is 19.3 Å². The first-order chi connectivity index (χ1) is 18.7. The molecule has 1 aromatic rings. The SMILES string of the molecule is COc1ccc(/C=C/CC(=O)N2CC[NH+](CC(=O)N3CCCC3)CC2)c(OC)c1OC.N.O=C([O-])/C=C\C(=O)O. The van der Waals surface area contributed by atoms with E-state index < -0.39 is 11.9 Å². The average Bonchev–Trinajstić information content (AvgIpc) is 3.47. The number of carboxylic acids is 2. The number of ether oxygens (including phenoxy) is 3. The van der Waals surface area contributed by atoms with Gasteiger partial charge >= 0.3 is 5.97 Å². The van der Waals surface area contributed by atoms with Crippen LogP contribution >= 0.6 is 0 Å². The van der Waals surface area contributed by atoms with Crippen molar-refractivity contribution in [3.05, 3.63) is 35.9 Å². The van der Waals surface area contributed by atoms with E-state index >= 15 is 0 Å². The molecule has 0 radical (unpaired) electrons. The summed E-state index contributed by atoms with van der Waals surface area (Å²) in [7, 11) is 4.73. The van der Waals surface area contributed by atoms with Crippen LogP contribution in [0.1, 0.15) is 24.8 Å². The number of aliphatic carboxylic acids is 2. The molecule has 2 aliphatic heterocycles. The van der Waals surface area contributed by atoms with E-state index in [9.17, 15) is 24.3 Å². The Morgan fingerprint density at radius 1 is 0.900 bits per heavy atom. The van der Waals surface area contributed by atoms with Crippen molar-refractivity contribution in [3.8, 4) is 17.2 Å². The summed E-state index contributed by atoms with van der Waals surface area (Å²) in [5.41, 5.74) is 0.822. The highest BCUT2D eigenvalue weighted by Gasteiger charge is 2.27. The molecular weight excluding hydrogens is 524 g/mol. The highest BCUT2D eigenvalue weighted by Crippen LogP contribution is 2.40. The third-order valence-electron chi connectivity index (χ3n) is 6.37. The van der Waals surface area contributed by atoms with Crippen LogP contribution in [0.15, 0.2) is 30.4 Å². The molecule has 0 spiro atoms. The monoisotopic (exact) mass is 564 g/mol. The number of carbonyl (C=O) groups excluding carboxylic acids is 3. The van der Waals surface area contributed by atoms with Gasteiger partial charge in [-0.2, -0.15) is 0 Å². The average molecular weight is 565 g/mol. The number of nitrogens with zero attached hydrogens (tertiary/aromatic N) is 2. The third kappa shape index (κ3) is 10.6. The number of carbonyl (C=O) groups is 4. The van der Waals surface area contributed by atoms with E-state index in [1.807, 2.05) is 34.1 Å². The second-order valence-corrected chi connectivity index (χ2v) is 8.92. The van der Waals surface area contributed by atoms with Gasteiger partial charge in [0, 0.05) is 31.1 Å². The van der Waals surface area contributed by atoms with E-state index in [1.54, 1.807) is 21.3 Å². The van der Waals surface area contributed by atoms with Gasteiger partial charge in [0.2, 0.25) is 11.7 Å². The quantitative estimate of drug-likeness (QED) is 0.298. The van der Waals surface area contributed by atoms with Crippen molar-refractivity contribution >= 4 is 29.8 Å². The number of piperazine rings is 1. The topological polar surface area (TPSA) is 185 Å². The molecule has 2 amide bonds. The predicted molar refractivity (Wildman–Crippen MR) is 145 cm³/mol. The van der Waals surface area contributed by atoms with Gasteiger partial charge in [-0.05, 0) is 31.1 Å². The molecule has 0 atom stereocenters. The van der Waals surface area contributed by atoms with Crippen LogP contribution in [0.5, 0.6) is 17.2 Å². The Balaban J connectivity index is 0.000000777. The Morgan fingerprint density at radius 3 is 2.00 bits per heavy atom. The van der Waals surface area contributed by atoms with E-state index in [1.165, 1.54) is 4.90 Å². The zero-order valence-corrected chi connectivity index (χ0v) is 23.3. The summed E-state index contributed by atoms with van der Waals surface area (Å²) in [4.78, 5) is 49.0. The standard InChI is InChI=1S/C23H33N3O5.C4H4O4.H3N/c1-29-19-10-9-18(22(30-2)23(19)31-3)7-6-8-20(27)26-15-13-24(14-16-26)17-21(28)25-11-4-5-12-25;5-3(6)1-2-4(7)8;/h6-7,9-10H,4-5,8,11-17H2,1-3H3;1-2H,(H,5,6)(H,7,8);1H3/b7-6+;2-1-;. The van der Waals surface area contributed by atoms with Crippen LogP contribution in [0.2, 0.25) is 0 Å². The zero-order chi connectivity index (χ0) is 28.8. The molecule has 5 N–H and O–H groups in total. The normalized spacial score (nSPS) is 15.3. The zero-order valence-electron chi connectivity index (χ0n) is 23.3. The van der Waals surface area contributed by atoms with Gasteiger partial charge in [-0.25, -0.2) is 4.79 Å². The number of methoxy groups -OCH3 is 3. The van der Waals surface area contributed by atoms with E-state index in [2.05, 4.69) is 0 Å². The Labute approximate surface area is 234 Å². The number of likely N-dealkylation sites (tertiary alicyclic amines) is 1. The molecule has 13 nitrogen and oxygen atoms in total. The molecular formula is C27H40N4O9. The summed E-state index contributed by atoms with van der Waals surface area (Å²) in [5, 5.41) is 17.2. The minimum absolute atomic E-state index is 0. The minimum Gasteiger partial charge on any atom is -0.545 e. The van der Waals surface area contributed by atoms with Crippen molar-refractivity contribution in [2.75, 3.05) is 67.1 Å². The molecule has 0 unspecified atom stereocenters. The fourth-order valence-electron chi connectivity index (χ4n) is 4.35. The molecule has 2 saturated heterocycles. The maximum atomic E-state index is 12.6. The van der Waals surface area contributed by atoms with Gasteiger partial charge in [-0.1, -0.05) is 12.2 Å². The molecule has 0 aliphatic carbocycles. The summed E-state index contributed by atoms with van der Waals surface area (Å²) in [6.07, 6.45) is 7.21. The Bertz CT molecular complexity index is 1040. The van der Waals surface area contributed by atoms with Crippen molar-refractivity contribution < 1.29 is 48.5 Å². The van der Waals surface area contributed by atoms with Gasteiger partial charge in [0.05, 0.1) is 53.5 Å². The van der Waals surface area contributed by atoms with Crippen LogP contribution in [-0.2, 0) is 19.2 Å². The van der Waals surface area contributed by atoms with Crippen molar-refractivity contribution in [1.29, 1.82) is 0 Å². The highest BCUT2D eigenvalue weighted by molar-refractivity contribution is 5.88. The van der Waals surface area contributed by atoms with Crippen LogP contribution in [0.4, 0.5) is 0 Å². The molecule has 0 saturated carbocycles. The first-order valence-corrected chi connectivity index (χ1v) is 12.7.